The number of imidazole rings is 1. The van der Waals surface area contributed by atoms with Gasteiger partial charge in [0.15, 0.2) is 4.96 Å². The Bertz CT molecular complexity index is 1080. The van der Waals surface area contributed by atoms with Crippen LogP contribution in [0.1, 0.15) is 34.9 Å². The van der Waals surface area contributed by atoms with Crippen LogP contribution in [-0.4, -0.2) is 25.1 Å². The van der Waals surface area contributed by atoms with Crippen LogP contribution in [0.4, 0.5) is 0 Å². The van der Waals surface area contributed by atoms with Gasteiger partial charge in [0.25, 0.3) is 0 Å². The normalized spacial score (nSPS) is 17.1. The van der Waals surface area contributed by atoms with E-state index in [1.165, 1.54) is 5.56 Å². The van der Waals surface area contributed by atoms with Crippen molar-refractivity contribution in [2.45, 2.75) is 25.4 Å². The van der Waals surface area contributed by atoms with Crippen LogP contribution < -0.4 is 5.32 Å². The molecule has 1 aromatic carbocycles. The highest BCUT2D eigenvalue weighted by molar-refractivity contribution is 7.15. The standard InChI is InChI=1S/C19H17N5OS/c25-17-10-15(18-16(11-20-17)22-19-24(18)7-8-26-19)14-4-1-3-13(9-14)12-23-6-2-5-21-23/h1-9,15H,10-12H2,(H,20,25)/t15-/m1/s1. The first kappa shape index (κ1) is 15.3. The third kappa shape index (κ3) is 2.61. The maximum Gasteiger partial charge on any atom is 0.221 e. The summed E-state index contributed by atoms with van der Waals surface area (Å²) in [6.45, 7) is 1.21. The van der Waals surface area contributed by atoms with Crippen LogP contribution in [0.3, 0.4) is 0 Å². The van der Waals surface area contributed by atoms with E-state index in [1.54, 1.807) is 17.5 Å². The molecule has 1 N–H and O–H groups in total. The van der Waals surface area contributed by atoms with E-state index < -0.39 is 0 Å². The van der Waals surface area contributed by atoms with E-state index in [9.17, 15) is 4.79 Å². The molecule has 6 nitrogen and oxygen atoms in total. The summed E-state index contributed by atoms with van der Waals surface area (Å²) in [5, 5.41) is 9.30. The van der Waals surface area contributed by atoms with Crippen LogP contribution in [-0.2, 0) is 17.9 Å². The van der Waals surface area contributed by atoms with Gasteiger partial charge in [0.1, 0.15) is 0 Å². The van der Waals surface area contributed by atoms with Gasteiger partial charge in [-0.05, 0) is 17.2 Å². The first-order valence-corrected chi connectivity index (χ1v) is 9.43. The zero-order chi connectivity index (χ0) is 17.5. The van der Waals surface area contributed by atoms with E-state index in [1.807, 2.05) is 28.5 Å². The van der Waals surface area contributed by atoms with Crippen LogP contribution in [0.5, 0.6) is 0 Å². The molecule has 1 atom stereocenters. The minimum Gasteiger partial charge on any atom is -0.350 e. The van der Waals surface area contributed by atoms with Crippen LogP contribution in [0.15, 0.2) is 54.3 Å². The molecule has 1 aliphatic rings. The Morgan fingerprint density at radius 2 is 2.23 bits per heavy atom. The van der Waals surface area contributed by atoms with Crippen LogP contribution >= 0.6 is 11.3 Å². The summed E-state index contributed by atoms with van der Waals surface area (Å²) in [7, 11) is 0. The minimum absolute atomic E-state index is 0.00493. The first-order chi connectivity index (χ1) is 12.8. The van der Waals surface area contributed by atoms with Gasteiger partial charge < -0.3 is 5.32 Å². The molecule has 3 aromatic heterocycles. The summed E-state index contributed by atoms with van der Waals surface area (Å²) in [5.74, 6) is 0.0594. The third-order valence-corrected chi connectivity index (χ3v) is 5.56. The molecule has 0 saturated heterocycles. The number of benzene rings is 1. The molecule has 0 aliphatic carbocycles. The van der Waals surface area contributed by atoms with Crippen LogP contribution in [0, 0.1) is 0 Å². The molecule has 1 aliphatic heterocycles. The largest absolute Gasteiger partial charge is 0.350 e. The number of amides is 1. The second kappa shape index (κ2) is 6.10. The molecule has 26 heavy (non-hydrogen) atoms. The number of nitrogens with one attached hydrogen (secondary N) is 1. The number of carbonyl (C=O) groups is 1. The highest BCUT2D eigenvalue weighted by Gasteiger charge is 2.29. The second-order valence-corrected chi connectivity index (χ2v) is 7.35. The lowest BCUT2D eigenvalue weighted by molar-refractivity contribution is -0.121. The Morgan fingerprint density at radius 1 is 1.27 bits per heavy atom. The molecule has 0 radical (unpaired) electrons. The number of aromatic nitrogens is 4. The van der Waals surface area contributed by atoms with Gasteiger partial charge >= 0.3 is 0 Å². The summed E-state index contributed by atoms with van der Waals surface area (Å²) < 4.78 is 4.03. The lowest BCUT2D eigenvalue weighted by Crippen LogP contribution is -2.21. The molecular weight excluding hydrogens is 346 g/mol. The Hall–Kier alpha value is -2.93. The van der Waals surface area contributed by atoms with E-state index in [0.717, 1.165) is 21.9 Å². The molecule has 1 amide bonds. The highest BCUT2D eigenvalue weighted by Crippen LogP contribution is 2.34. The Labute approximate surface area is 154 Å². The fraction of sp³-hybridized carbons (Fsp3) is 0.211. The first-order valence-electron chi connectivity index (χ1n) is 8.55. The van der Waals surface area contributed by atoms with E-state index in [0.29, 0.717) is 19.5 Å². The van der Waals surface area contributed by atoms with Crippen molar-refractivity contribution >= 4 is 22.2 Å². The molecule has 0 unspecified atom stereocenters. The van der Waals surface area contributed by atoms with Crippen molar-refractivity contribution in [1.29, 1.82) is 0 Å². The quantitative estimate of drug-likeness (QED) is 0.609. The van der Waals surface area contributed by atoms with Crippen molar-refractivity contribution in [3.05, 3.63) is 76.8 Å². The maximum atomic E-state index is 12.3. The number of hydrogen-bond donors (Lipinski definition) is 1. The maximum absolute atomic E-state index is 12.3. The predicted molar refractivity (Wildman–Crippen MR) is 99.1 cm³/mol. The monoisotopic (exact) mass is 363 g/mol. The second-order valence-electron chi connectivity index (χ2n) is 6.48. The summed E-state index contributed by atoms with van der Waals surface area (Å²) >= 11 is 1.62. The van der Waals surface area contributed by atoms with Crippen molar-refractivity contribution in [2.24, 2.45) is 0 Å². The number of rotatable bonds is 3. The fourth-order valence-electron chi connectivity index (χ4n) is 3.65. The number of carbonyl (C=O) groups excluding carboxylic acids is 1. The summed E-state index contributed by atoms with van der Waals surface area (Å²) in [4.78, 5) is 18.0. The molecule has 0 spiro atoms. The molecule has 130 valence electrons. The van der Waals surface area contributed by atoms with Crippen LogP contribution in [0.2, 0.25) is 0 Å². The number of nitrogens with zero attached hydrogens (tertiary/aromatic N) is 4. The van der Waals surface area contributed by atoms with Gasteiger partial charge in [-0.25, -0.2) is 4.98 Å². The smallest absolute Gasteiger partial charge is 0.221 e. The van der Waals surface area contributed by atoms with E-state index in [2.05, 4.69) is 39.1 Å². The minimum atomic E-state index is -0.00493. The topological polar surface area (TPSA) is 64.2 Å². The average Bonchev–Trinajstić information content (AvgIpc) is 3.34. The van der Waals surface area contributed by atoms with Gasteiger partial charge in [0.05, 0.1) is 24.5 Å². The van der Waals surface area contributed by atoms with Crippen molar-refractivity contribution in [3.63, 3.8) is 0 Å². The molecule has 0 saturated carbocycles. The molecule has 7 heteroatoms. The van der Waals surface area contributed by atoms with Gasteiger partial charge in [-0.3, -0.25) is 13.9 Å². The highest BCUT2D eigenvalue weighted by atomic mass is 32.1. The lowest BCUT2D eigenvalue weighted by Gasteiger charge is -2.16. The molecule has 5 rings (SSSR count). The van der Waals surface area contributed by atoms with Crippen molar-refractivity contribution in [3.8, 4) is 0 Å². The van der Waals surface area contributed by atoms with Gasteiger partial charge in [-0.2, -0.15) is 5.10 Å². The number of thiazole rings is 1. The molecule has 4 aromatic rings. The Balaban J connectivity index is 1.59. The average molecular weight is 363 g/mol. The zero-order valence-corrected chi connectivity index (χ0v) is 14.8. The summed E-state index contributed by atoms with van der Waals surface area (Å²) in [6, 6.07) is 10.4. The zero-order valence-electron chi connectivity index (χ0n) is 14.0. The van der Waals surface area contributed by atoms with E-state index in [4.69, 9.17) is 4.98 Å². The fourth-order valence-corrected chi connectivity index (χ4v) is 4.39. The summed E-state index contributed by atoms with van der Waals surface area (Å²) in [6.07, 6.45) is 6.21. The van der Waals surface area contributed by atoms with Gasteiger partial charge in [0.2, 0.25) is 5.91 Å². The Morgan fingerprint density at radius 3 is 3.12 bits per heavy atom. The molecule has 4 heterocycles. The number of hydrogen-bond acceptors (Lipinski definition) is 4. The molecule has 0 fully saturated rings. The van der Waals surface area contributed by atoms with Crippen molar-refractivity contribution in [2.75, 3.05) is 0 Å². The van der Waals surface area contributed by atoms with Gasteiger partial charge in [-0.1, -0.05) is 24.3 Å². The van der Waals surface area contributed by atoms with Crippen LogP contribution in [0.25, 0.3) is 4.96 Å². The van der Waals surface area contributed by atoms with E-state index >= 15 is 0 Å². The van der Waals surface area contributed by atoms with Crippen molar-refractivity contribution in [1.82, 2.24) is 24.5 Å². The van der Waals surface area contributed by atoms with E-state index in [-0.39, 0.29) is 11.8 Å². The predicted octanol–water partition coefficient (Wildman–Crippen LogP) is 2.79. The Kier molecular flexibility index (Phi) is 3.60. The molecular formula is C19H17N5OS. The third-order valence-electron chi connectivity index (χ3n) is 4.81. The summed E-state index contributed by atoms with van der Waals surface area (Å²) in [5.41, 5.74) is 4.39. The lowest BCUT2D eigenvalue weighted by atomic mass is 9.90. The van der Waals surface area contributed by atoms with Gasteiger partial charge in [-0.15, -0.1) is 11.3 Å². The molecule has 0 bridgehead atoms. The SMILES string of the molecule is O=C1C[C@H](c2cccc(Cn3cccn3)c2)c2c(nc3sccn23)CN1. The van der Waals surface area contributed by atoms with Crippen molar-refractivity contribution < 1.29 is 4.79 Å². The number of fused-ring (bicyclic) bond motifs is 3. The van der Waals surface area contributed by atoms with Gasteiger partial charge in [0, 0.05) is 36.3 Å².